The lowest BCUT2D eigenvalue weighted by molar-refractivity contribution is -0.145. The summed E-state index contributed by atoms with van der Waals surface area (Å²) < 4.78 is 9.19. The Balaban J connectivity index is 4.32. The molecule has 1 atom stereocenters. The summed E-state index contributed by atoms with van der Waals surface area (Å²) in [5, 5.41) is 2.52. The third kappa shape index (κ3) is 7.29. The molecule has 0 heterocycles. The highest BCUT2D eigenvalue weighted by Crippen LogP contribution is 2.08. The highest BCUT2D eigenvalue weighted by molar-refractivity contribution is 5.89. The molecule has 0 fully saturated rings. The molecule has 0 saturated heterocycles. The van der Waals surface area contributed by atoms with Gasteiger partial charge in [0.15, 0.2) is 0 Å². The first-order valence-corrected chi connectivity index (χ1v) is 5.06. The number of amides is 1. The van der Waals surface area contributed by atoms with Crippen molar-refractivity contribution in [3.8, 4) is 0 Å². The van der Waals surface area contributed by atoms with E-state index in [2.05, 4.69) is 10.1 Å². The van der Waals surface area contributed by atoms with Gasteiger partial charge in [-0.1, -0.05) is 0 Å². The number of ether oxygens (including phenoxy) is 2. The van der Waals surface area contributed by atoms with Crippen molar-refractivity contribution in [3.63, 3.8) is 0 Å². The van der Waals surface area contributed by atoms with Crippen LogP contribution in [-0.4, -0.2) is 36.7 Å². The Bertz CT molecular complexity index is 308. The first-order valence-electron chi connectivity index (χ1n) is 5.06. The molecular weight excluding hydrogens is 228 g/mol. The minimum Gasteiger partial charge on any atom is -0.428 e. The van der Waals surface area contributed by atoms with Gasteiger partial charge in [0.1, 0.15) is 11.6 Å². The average Bonchev–Trinajstić information content (AvgIpc) is 2.10. The zero-order chi connectivity index (χ0) is 13.6. The third-order valence-electron chi connectivity index (χ3n) is 1.61. The molecule has 0 spiro atoms. The van der Waals surface area contributed by atoms with E-state index < -0.39 is 29.7 Å². The lowest BCUT2D eigenvalue weighted by atomic mass is 10.2. The molecule has 7 nitrogen and oxygen atoms in total. The summed E-state index contributed by atoms with van der Waals surface area (Å²) in [4.78, 5) is 33.2. The fraction of sp³-hybridized carbons (Fsp3) is 0.700. The highest BCUT2D eigenvalue weighted by atomic mass is 16.7. The molecule has 98 valence electrons. The average molecular weight is 246 g/mol. The van der Waals surface area contributed by atoms with Crippen LogP contribution in [0.25, 0.3) is 0 Å². The van der Waals surface area contributed by atoms with E-state index in [-0.39, 0.29) is 6.42 Å². The summed E-state index contributed by atoms with van der Waals surface area (Å²) >= 11 is 0. The van der Waals surface area contributed by atoms with Gasteiger partial charge in [0.25, 0.3) is 0 Å². The molecule has 0 bridgehead atoms. The van der Waals surface area contributed by atoms with Gasteiger partial charge in [0, 0.05) is 0 Å². The molecule has 0 rings (SSSR count). The van der Waals surface area contributed by atoms with Crippen LogP contribution in [0.5, 0.6) is 0 Å². The topological polar surface area (TPSA) is 108 Å². The lowest BCUT2D eigenvalue weighted by Gasteiger charge is -2.19. The normalized spacial score (nSPS) is 12.7. The van der Waals surface area contributed by atoms with Gasteiger partial charge in [-0.05, 0) is 27.8 Å². The van der Waals surface area contributed by atoms with Crippen molar-refractivity contribution < 1.29 is 23.9 Å². The van der Waals surface area contributed by atoms with Crippen LogP contribution in [0.1, 0.15) is 27.2 Å². The fourth-order valence-corrected chi connectivity index (χ4v) is 0.929. The van der Waals surface area contributed by atoms with E-state index in [1.54, 1.807) is 20.8 Å². The zero-order valence-corrected chi connectivity index (χ0v) is 10.4. The third-order valence-corrected chi connectivity index (χ3v) is 1.61. The van der Waals surface area contributed by atoms with Crippen LogP contribution in [0.4, 0.5) is 4.79 Å². The number of likely N-dealkylation sites (N-methyl/N-ethyl adjacent to an activating group) is 1. The smallest absolute Gasteiger partial charge is 0.428 e. The van der Waals surface area contributed by atoms with Gasteiger partial charge in [0.05, 0.1) is 6.42 Å². The number of rotatable bonds is 4. The Labute approximate surface area is 99.6 Å². The van der Waals surface area contributed by atoms with Gasteiger partial charge < -0.3 is 20.5 Å². The molecule has 0 radical (unpaired) electrons. The van der Waals surface area contributed by atoms with Crippen LogP contribution in [0.3, 0.4) is 0 Å². The molecule has 0 aliphatic rings. The minimum atomic E-state index is -1.10. The predicted octanol–water partition coefficient (Wildman–Crippen LogP) is -0.0719. The quantitative estimate of drug-likeness (QED) is 0.531. The molecule has 0 aliphatic heterocycles. The Kier molecular flexibility index (Phi) is 5.60. The van der Waals surface area contributed by atoms with Crippen LogP contribution < -0.4 is 11.1 Å². The number of nitrogens with one attached hydrogen (secondary N) is 1. The van der Waals surface area contributed by atoms with E-state index in [9.17, 15) is 14.4 Å². The number of hydrogen-bond acceptors (Lipinski definition) is 6. The molecule has 7 heteroatoms. The summed E-state index contributed by atoms with van der Waals surface area (Å²) in [5.41, 5.74) is 4.18. The maximum Gasteiger partial charge on any atom is 0.516 e. The molecule has 0 aromatic rings. The summed E-state index contributed by atoms with van der Waals surface area (Å²) in [7, 11) is 1.45. The maximum atomic E-state index is 11.4. The van der Waals surface area contributed by atoms with E-state index >= 15 is 0 Å². The van der Waals surface area contributed by atoms with Crippen LogP contribution >= 0.6 is 0 Å². The predicted molar refractivity (Wildman–Crippen MR) is 59.0 cm³/mol. The number of hydrogen-bond donors (Lipinski definition) is 2. The zero-order valence-electron chi connectivity index (χ0n) is 10.4. The second kappa shape index (κ2) is 6.19. The largest absolute Gasteiger partial charge is 0.516 e. The van der Waals surface area contributed by atoms with Crippen molar-refractivity contribution in [2.45, 2.75) is 38.8 Å². The van der Waals surface area contributed by atoms with Gasteiger partial charge in [0.2, 0.25) is 5.91 Å². The van der Waals surface area contributed by atoms with Crippen molar-refractivity contribution in [3.05, 3.63) is 0 Å². The summed E-state index contributed by atoms with van der Waals surface area (Å²) in [5.74, 6) is -1.58. The molecule has 3 N–H and O–H groups in total. The fourth-order valence-electron chi connectivity index (χ4n) is 0.929. The molecule has 17 heavy (non-hydrogen) atoms. The summed E-state index contributed by atoms with van der Waals surface area (Å²) in [6, 6.07) is -0.958. The number of primary amides is 1. The minimum absolute atomic E-state index is 0.252. The molecule has 0 aliphatic carbocycles. The lowest BCUT2D eigenvalue weighted by Crippen LogP contribution is -2.40. The first kappa shape index (κ1) is 15.4. The van der Waals surface area contributed by atoms with Crippen LogP contribution in [-0.2, 0) is 19.1 Å². The Morgan fingerprint density at radius 2 is 1.82 bits per heavy atom. The van der Waals surface area contributed by atoms with Crippen molar-refractivity contribution >= 4 is 18.0 Å². The van der Waals surface area contributed by atoms with E-state index in [0.29, 0.717) is 0 Å². The van der Waals surface area contributed by atoms with Crippen molar-refractivity contribution in [2.24, 2.45) is 5.73 Å². The monoisotopic (exact) mass is 246 g/mol. The van der Waals surface area contributed by atoms with E-state index in [1.807, 2.05) is 0 Å². The number of esters is 1. The van der Waals surface area contributed by atoms with E-state index in [4.69, 9.17) is 10.5 Å². The molecule has 0 saturated carbocycles. The van der Waals surface area contributed by atoms with Crippen molar-refractivity contribution in [2.75, 3.05) is 7.05 Å². The maximum absolute atomic E-state index is 11.4. The number of carbonyl (C=O) groups excluding carboxylic acids is 3. The highest BCUT2D eigenvalue weighted by Gasteiger charge is 2.26. The molecular formula is C10H18N2O5. The first-order chi connectivity index (χ1) is 7.65. The van der Waals surface area contributed by atoms with Gasteiger partial charge in [-0.3, -0.25) is 4.79 Å². The van der Waals surface area contributed by atoms with E-state index in [1.165, 1.54) is 7.05 Å². The number of carbonyl (C=O) groups is 3. The Morgan fingerprint density at radius 3 is 2.18 bits per heavy atom. The second-order valence-corrected chi connectivity index (χ2v) is 4.40. The van der Waals surface area contributed by atoms with Gasteiger partial charge in [-0.2, -0.15) is 0 Å². The van der Waals surface area contributed by atoms with Crippen LogP contribution in [0.2, 0.25) is 0 Å². The summed E-state index contributed by atoms with van der Waals surface area (Å²) in [6.07, 6.45) is -1.36. The molecule has 0 aromatic heterocycles. The molecule has 0 aromatic carbocycles. The Hall–Kier alpha value is -1.63. The second-order valence-electron chi connectivity index (χ2n) is 4.40. The SMILES string of the molecule is CN[C@@H](CC(N)=O)C(=O)OC(=O)OC(C)(C)C. The Morgan fingerprint density at radius 1 is 1.29 bits per heavy atom. The molecule has 1 amide bonds. The number of nitrogens with two attached hydrogens (primary N) is 1. The van der Waals surface area contributed by atoms with Crippen LogP contribution in [0.15, 0.2) is 0 Å². The van der Waals surface area contributed by atoms with Gasteiger partial charge in [-0.15, -0.1) is 0 Å². The van der Waals surface area contributed by atoms with E-state index in [0.717, 1.165) is 0 Å². The van der Waals surface area contributed by atoms with Crippen LogP contribution in [0, 0.1) is 0 Å². The van der Waals surface area contributed by atoms with Crippen molar-refractivity contribution in [1.82, 2.24) is 5.32 Å². The van der Waals surface area contributed by atoms with Gasteiger partial charge >= 0.3 is 12.1 Å². The van der Waals surface area contributed by atoms with Crippen molar-refractivity contribution in [1.29, 1.82) is 0 Å². The van der Waals surface area contributed by atoms with Gasteiger partial charge in [-0.25, -0.2) is 9.59 Å². The standard InChI is InChI=1S/C10H18N2O5/c1-10(2,3)17-9(15)16-8(14)6(12-4)5-7(11)13/h6,12H,5H2,1-4H3,(H2,11,13)/t6-/m0/s1. The summed E-state index contributed by atoms with van der Waals surface area (Å²) in [6.45, 7) is 4.91. The molecule has 0 unspecified atom stereocenters.